The van der Waals surface area contributed by atoms with Crippen LogP contribution in [0.1, 0.15) is 18.4 Å². The molecule has 3 rings (SSSR count). The van der Waals surface area contributed by atoms with Crippen LogP contribution in [0.15, 0.2) is 46.5 Å². The number of pyridine rings is 1. The van der Waals surface area contributed by atoms with Gasteiger partial charge in [0.1, 0.15) is 10.8 Å². The highest BCUT2D eigenvalue weighted by Crippen LogP contribution is 2.35. The summed E-state index contributed by atoms with van der Waals surface area (Å²) in [6.45, 7) is 0.676. The van der Waals surface area contributed by atoms with Crippen molar-refractivity contribution in [3.8, 4) is 0 Å². The second kappa shape index (κ2) is 6.12. The number of benzene rings is 1. The van der Waals surface area contributed by atoms with Crippen molar-refractivity contribution in [3.63, 3.8) is 0 Å². The molecule has 1 aromatic heterocycles. The zero-order valence-corrected chi connectivity index (χ0v) is 12.3. The van der Waals surface area contributed by atoms with E-state index in [0.29, 0.717) is 27.5 Å². The molecule has 1 aliphatic carbocycles. The number of rotatable bonds is 5. The van der Waals surface area contributed by atoms with Crippen LogP contribution < -0.4 is 5.32 Å². The van der Waals surface area contributed by atoms with Gasteiger partial charge in [0.25, 0.3) is 0 Å². The molecule has 0 saturated heterocycles. The van der Waals surface area contributed by atoms with Crippen molar-refractivity contribution in [2.24, 2.45) is 0 Å². The molecule has 20 heavy (non-hydrogen) atoms. The molecule has 0 amide bonds. The number of aromatic nitrogens is 1. The van der Waals surface area contributed by atoms with Gasteiger partial charge in [-0.1, -0.05) is 35.5 Å². The van der Waals surface area contributed by atoms with Crippen LogP contribution in [-0.4, -0.2) is 11.0 Å². The van der Waals surface area contributed by atoms with E-state index in [-0.39, 0.29) is 5.82 Å². The minimum atomic E-state index is -0.230. The van der Waals surface area contributed by atoms with Crippen LogP contribution in [0.2, 0.25) is 5.02 Å². The summed E-state index contributed by atoms with van der Waals surface area (Å²) in [5.74, 6) is -0.230. The van der Waals surface area contributed by atoms with Gasteiger partial charge in [0, 0.05) is 18.8 Å². The Labute approximate surface area is 126 Å². The first kappa shape index (κ1) is 13.9. The maximum Gasteiger partial charge on any atom is 0.137 e. The van der Waals surface area contributed by atoms with Crippen LogP contribution in [0.3, 0.4) is 0 Å². The third kappa shape index (κ3) is 3.32. The molecule has 104 valence electrons. The molecule has 1 fully saturated rings. The van der Waals surface area contributed by atoms with Crippen LogP contribution in [0.5, 0.6) is 0 Å². The number of nitrogens with one attached hydrogen (secondary N) is 1. The van der Waals surface area contributed by atoms with E-state index in [1.165, 1.54) is 30.7 Å². The topological polar surface area (TPSA) is 24.9 Å². The fraction of sp³-hybridized carbons (Fsp3) is 0.267. The maximum absolute atomic E-state index is 14.1. The molecule has 0 unspecified atom stereocenters. The minimum absolute atomic E-state index is 0.230. The monoisotopic (exact) mass is 308 g/mol. The molecule has 0 spiro atoms. The fourth-order valence-electron chi connectivity index (χ4n) is 1.89. The van der Waals surface area contributed by atoms with Crippen molar-refractivity contribution in [1.29, 1.82) is 0 Å². The molecule has 1 heterocycles. The van der Waals surface area contributed by atoms with Gasteiger partial charge in [-0.2, -0.15) is 0 Å². The van der Waals surface area contributed by atoms with E-state index in [4.69, 9.17) is 11.6 Å². The van der Waals surface area contributed by atoms with Crippen LogP contribution in [0.25, 0.3) is 0 Å². The smallest absolute Gasteiger partial charge is 0.137 e. The van der Waals surface area contributed by atoms with Gasteiger partial charge < -0.3 is 5.32 Å². The fourth-order valence-corrected chi connectivity index (χ4v) is 3.04. The van der Waals surface area contributed by atoms with Gasteiger partial charge >= 0.3 is 0 Å². The number of hydrogen-bond donors (Lipinski definition) is 1. The standard InChI is InChI=1S/C15H14ClFN2S/c16-12-4-2-8-18-15(12)20-14-10(3-1-5-13(14)17)9-19-11-6-7-11/h1-5,8,11,19H,6-7,9H2. The quantitative estimate of drug-likeness (QED) is 0.892. The largest absolute Gasteiger partial charge is 0.310 e. The average molecular weight is 309 g/mol. The number of nitrogens with zero attached hydrogens (tertiary/aromatic N) is 1. The normalized spacial score (nSPS) is 14.5. The van der Waals surface area contributed by atoms with Gasteiger partial charge in [0.2, 0.25) is 0 Å². The summed E-state index contributed by atoms with van der Waals surface area (Å²) in [5.41, 5.74) is 0.948. The Hall–Kier alpha value is -1.10. The van der Waals surface area contributed by atoms with E-state index >= 15 is 0 Å². The lowest BCUT2D eigenvalue weighted by Gasteiger charge is -2.11. The summed E-state index contributed by atoms with van der Waals surface area (Å²) in [6, 6.07) is 9.28. The third-order valence-electron chi connectivity index (χ3n) is 3.13. The molecule has 1 aromatic carbocycles. The predicted molar refractivity (Wildman–Crippen MR) is 79.6 cm³/mol. The Morgan fingerprint density at radius 3 is 2.90 bits per heavy atom. The molecule has 2 nitrogen and oxygen atoms in total. The maximum atomic E-state index is 14.1. The van der Waals surface area contributed by atoms with Crippen LogP contribution in [-0.2, 0) is 6.54 Å². The molecule has 2 aromatic rings. The van der Waals surface area contributed by atoms with E-state index in [1.807, 2.05) is 6.07 Å². The van der Waals surface area contributed by atoms with Gasteiger partial charge in [-0.3, -0.25) is 0 Å². The number of halogens is 2. The lowest BCUT2D eigenvalue weighted by molar-refractivity contribution is 0.589. The van der Waals surface area contributed by atoms with E-state index in [0.717, 1.165) is 5.56 Å². The van der Waals surface area contributed by atoms with E-state index in [2.05, 4.69) is 10.3 Å². The first-order valence-electron chi connectivity index (χ1n) is 6.53. The van der Waals surface area contributed by atoms with Crippen molar-refractivity contribution in [2.45, 2.75) is 35.3 Å². The lowest BCUT2D eigenvalue weighted by atomic mass is 10.2. The van der Waals surface area contributed by atoms with Crippen molar-refractivity contribution >= 4 is 23.4 Å². The first-order chi connectivity index (χ1) is 9.74. The first-order valence-corrected chi connectivity index (χ1v) is 7.72. The highest BCUT2D eigenvalue weighted by atomic mass is 35.5. The van der Waals surface area contributed by atoms with Crippen molar-refractivity contribution in [2.75, 3.05) is 0 Å². The molecule has 0 radical (unpaired) electrons. The molecular formula is C15H14ClFN2S. The Morgan fingerprint density at radius 1 is 1.30 bits per heavy atom. The second-order valence-corrected chi connectivity index (χ2v) is 6.18. The summed E-state index contributed by atoms with van der Waals surface area (Å²) in [4.78, 5) is 4.81. The van der Waals surface area contributed by atoms with Crippen LogP contribution >= 0.6 is 23.4 Å². The zero-order valence-electron chi connectivity index (χ0n) is 10.8. The summed E-state index contributed by atoms with van der Waals surface area (Å²) in [5, 5.41) is 4.58. The Morgan fingerprint density at radius 2 is 2.15 bits per heavy atom. The Balaban J connectivity index is 1.85. The summed E-state index contributed by atoms with van der Waals surface area (Å²) in [7, 11) is 0. The highest BCUT2D eigenvalue weighted by molar-refractivity contribution is 7.99. The summed E-state index contributed by atoms with van der Waals surface area (Å²) >= 11 is 7.38. The van der Waals surface area contributed by atoms with E-state index < -0.39 is 0 Å². The van der Waals surface area contributed by atoms with Gasteiger partial charge in [0.15, 0.2) is 0 Å². The van der Waals surface area contributed by atoms with Gasteiger partial charge in [-0.25, -0.2) is 9.37 Å². The van der Waals surface area contributed by atoms with Crippen LogP contribution in [0.4, 0.5) is 4.39 Å². The molecular weight excluding hydrogens is 295 g/mol. The van der Waals surface area contributed by atoms with Gasteiger partial charge in [-0.15, -0.1) is 0 Å². The summed E-state index contributed by atoms with van der Waals surface area (Å²) < 4.78 is 14.1. The van der Waals surface area contributed by atoms with Crippen molar-refractivity contribution < 1.29 is 4.39 Å². The molecule has 0 aliphatic heterocycles. The van der Waals surface area contributed by atoms with Gasteiger partial charge in [-0.05, 0) is 36.6 Å². The highest BCUT2D eigenvalue weighted by Gasteiger charge is 2.21. The molecule has 0 atom stereocenters. The average Bonchev–Trinajstić information content (AvgIpc) is 3.26. The SMILES string of the molecule is Fc1cccc(CNC2CC2)c1Sc1ncccc1Cl. The Kier molecular flexibility index (Phi) is 4.24. The Bertz CT molecular complexity index is 617. The van der Waals surface area contributed by atoms with Crippen molar-refractivity contribution in [1.82, 2.24) is 10.3 Å². The molecule has 1 saturated carbocycles. The third-order valence-corrected chi connectivity index (χ3v) is 4.73. The zero-order chi connectivity index (χ0) is 13.9. The van der Waals surface area contributed by atoms with E-state index in [9.17, 15) is 4.39 Å². The molecule has 0 bridgehead atoms. The number of hydrogen-bond acceptors (Lipinski definition) is 3. The molecule has 5 heteroatoms. The summed E-state index contributed by atoms with van der Waals surface area (Å²) in [6.07, 6.45) is 4.09. The minimum Gasteiger partial charge on any atom is -0.310 e. The van der Waals surface area contributed by atoms with Gasteiger partial charge in [0.05, 0.1) is 9.92 Å². The molecule has 1 N–H and O–H groups in total. The van der Waals surface area contributed by atoms with Crippen LogP contribution in [0, 0.1) is 5.82 Å². The van der Waals surface area contributed by atoms with E-state index in [1.54, 1.807) is 24.4 Å². The second-order valence-electron chi connectivity index (χ2n) is 4.78. The molecule has 1 aliphatic rings. The van der Waals surface area contributed by atoms with Crippen molar-refractivity contribution in [3.05, 3.63) is 52.9 Å². The lowest BCUT2D eigenvalue weighted by Crippen LogP contribution is -2.16. The predicted octanol–water partition coefficient (Wildman–Crippen LogP) is 4.28.